The molecule has 0 aromatic heterocycles. The Morgan fingerprint density at radius 1 is 1.19 bits per heavy atom. The van der Waals surface area contributed by atoms with Gasteiger partial charge in [-0.15, -0.1) is 6.58 Å². The Kier molecular flexibility index (Phi) is 12.5. The number of primary amides is 1. The monoisotopic (exact) mass is 504 g/mol. The van der Waals surface area contributed by atoms with Gasteiger partial charge >= 0.3 is 6.09 Å². The average molecular weight is 505 g/mol. The molecule has 2 atom stereocenters. The second-order valence-electron chi connectivity index (χ2n) is 9.44. The van der Waals surface area contributed by atoms with Gasteiger partial charge in [0, 0.05) is 25.1 Å². The number of phenolic OH excluding ortho intramolecular Hbond substituents is 1. The second-order valence-corrected chi connectivity index (χ2v) is 9.44. The summed E-state index contributed by atoms with van der Waals surface area (Å²) in [7, 11) is 0. The first-order chi connectivity index (χ1) is 16.9. The van der Waals surface area contributed by atoms with Crippen molar-refractivity contribution < 1.29 is 29.0 Å². The molecule has 10 nitrogen and oxygen atoms in total. The zero-order valence-electron chi connectivity index (χ0n) is 21.7. The molecule has 0 aliphatic heterocycles. The Balaban J connectivity index is 3.39. The summed E-state index contributed by atoms with van der Waals surface area (Å²) in [6.07, 6.45) is 2.95. The molecule has 1 aromatic carbocycles. The van der Waals surface area contributed by atoms with Crippen LogP contribution in [0.4, 0.5) is 4.79 Å². The molecule has 0 radical (unpaired) electrons. The Morgan fingerprint density at radius 2 is 1.86 bits per heavy atom. The van der Waals surface area contributed by atoms with Crippen LogP contribution in [0.5, 0.6) is 5.75 Å². The van der Waals surface area contributed by atoms with E-state index in [0.29, 0.717) is 6.54 Å². The lowest BCUT2D eigenvalue weighted by Crippen LogP contribution is -2.53. The van der Waals surface area contributed by atoms with E-state index in [1.54, 1.807) is 39.0 Å². The van der Waals surface area contributed by atoms with Gasteiger partial charge < -0.3 is 31.1 Å². The van der Waals surface area contributed by atoms with Gasteiger partial charge in [0.1, 0.15) is 23.4 Å². The number of nitrogens with zero attached hydrogens (tertiary/aromatic N) is 1. The molecule has 0 saturated carbocycles. The SMILES string of the molecule is C=CCN(C(=O)C(CCC(N)=O)NC(=O)OC(C)(C)C)C(C(=O)NCCCCC)c1ccccc1O. The van der Waals surface area contributed by atoms with Crippen molar-refractivity contribution in [3.8, 4) is 5.75 Å². The number of carbonyl (C=O) groups is 4. The van der Waals surface area contributed by atoms with Crippen molar-refractivity contribution in [3.05, 3.63) is 42.5 Å². The highest BCUT2D eigenvalue weighted by Gasteiger charge is 2.36. The minimum absolute atomic E-state index is 0.0662. The molecule has 4 amide bonds. The van der Waals surface area contributed by atoms with E-state index in [-0.39, 0.29) is 30.7 Å². The summed E-state index contributed by atoms with van der Waals surface area (Å²) in [4.78, 5) is 52.2. The Bertz CT molecular complexity index is 912. The number of hydrogen-bond acceptors (Lipinski definition) is 6. The van der Waals surface area contributed by atoms with E-state index in [2.05, 4.69) is 17.2 Å². The molecule has 5 N–H and O–H groups in total. The quantitative estimate of drug-likeness (QED) is 0.226. The molecule has 0 heterocycles. The Morgan fingerprint density at radius 3 is 2.42 bits per heavy atom. The Hall–Kier alpha value is -3.56. The number of nitrogens with two attached hydrogens (primary N) is 1. The number of rotatable bonds is 14. The van der Waals surface area contributed by atoms with Gasteiger partial charge in [-0.25, -0.2) is 4.79 Å². The molecule has 0 bridgehead atoms. The van der Waals surface area contributed by atoms with E-state index in [1.165, 1.54) is 17.0 Å². The van der Waals surface area contributed by atoms with Gasteiger partial charge in [0.25, 0.3) is 0 Å². The number of para-hydroxylation sites is 1. The third-order valence-electron chi connectivity index (χ3n) is 5.15. The third kappa shape index (κ3) is 10.4. The molecule has 200 valence electrons. The van der Waals surface area contributed by atoms with Crippen LogP contribution < -0.4 is 16.4 Å². The molecular weight excluding hydrogens is 464 g/mol. The standard InChI is InChI=1S/C26H40N4O6/c1-6-8-11-16-28-23(33)22(18-12-9-10-13-20(18)31)30(17-7-2)24(34)19(14-15-21(27)32)29-25(35)36-26(3,4)5/h7,9-10,12-13,19,22,31H,2,6,8,11,14-17H2,1,3-5H3,(H2,27,32)(H,28,33)(H,29,35). The number of alkyl carbamates (subject to hydrolysis) is 1. The zero-order chi connectivity index (χ0) is 27.3. The van der Waals surface area contributed by atoms with Crippen LogP contribution in [0.3, 0.4) is 0 Å². The van der Waals surface area contributed by atoms with E-state index in [9.17, 15) is 24.3 Å². The van der Waals surface area contributed by atoms with E-state index in [1.807, 2.05) is 6.92 Å². The fraction of sp³-hybridized carbons (Fsp3) is 0.538. The number of phenols is 1. The largest absolute Gasteiger partial charge is 0.508 e. The van der Waals surface area contributed by atoms with Crippen LogP contribution >= 0.6 is 0 Å². The number of carbonyl (C=O) groups excluding carboxylic acids is 4. The summed E-state index contributed by atoms with van der Waals surface area (Å²) in [6, 6.07) is 3.80. The molecule has 1 rings (SSSR count). The molecule has 2 unspecified atom stereocenters. The minimum atomic E-state index is -1.21. The lowest BCUT2D eigenvalue weighted by atomic mass is 10.0. The van der Waals surface area contributed by atoms with Crippen molar-refractivity contribution in [3.63, 3.8) is 0 Å². The molecule has 0 saturated heterocycles. The van der Waals surface area contributed by atoms with E-state index in [4.69, 9.17) is 10.5 Å². The van der Waals surface area contributed by atoms with Crippen molar-refractivity contribution in [1.29, 1.82) is 0 Å². The summed E-state index contributed by atoms with van der Waals surface area (Å²) in [6.45, 7) is 11.1. The first kappa shape index (κ1) is 30.5. The fourth-order valence-electron chi connectivity index (χ4n) is 3.51. The topological polar surface area (TPSA) is 151 Å². The smallest absolute Gasteiger partial charge is 0.408 e. The number of aromatic hydroxyl groups is 1. The predicted molar refractivity (Wildman–Crippen MR) is 137 cm³/mol. The van der Waals surface area contributed by atoms with E-state index in [0.717, 1.165) is 19.3 Å². The van der Waals surface area contributed by atoms with Gasteiger partial charge in [-0.3, -0.25) is 14.4 Å². The first-order valence-electron chi connectivity index (χ1n) is 12.2. The first-order valence-corrected chi connectivity index (χ1v) is 12.2. The van der Waals surface area contributed by atoms with Crippen LogP contribution in [0.15, 0.2) is 36.9 Å². The molecule has 0 fully saturated rings. The lowest BCUT2D eigenvalue weighted by Gasteiger charge is -2.34. The van der Waals surface area contributed by atoms with Gasteiger partial charge in [0.2, 0.25) is 17.7 Å². The summed E-state index contributed by atoms with van der Waals surface area (Å²) in [5.41, 5.74) is 4.68. The minimum Gasteiger partial charge on any atom is -0.508 e. The van der Waals surface area contributed by atoms with Crippen LogP contribution in [0.25, 0.3) is 0 Å². The van der Waals surface area contributed by atoms with Crippen LogP contribution in [-0.2, 0) is 19.1 Å². The molecule has 10 heteroatoms. The molecule has 0 aliphatic rings. The maximum absolute atomic E-state index is 13.7. The third-order valence-corrected chi connectivity index (χ3v) is 5.15. The Labute approximate surface area is 213 Å². The lowest BCUT2D eigenvalue weighted by molar-refractivity contribution is -0.142. The number of ether oxygens (including phenoxy) is 1. The van der Waals surface area contributed by atoms with Crippen molar-refractivity contribution in [2.75, 3.05) is 13.1 Å². The molecule has 1 aromatic rings. The van der Waals surface area contributed by atoms with Crippen molar-refractivity contribution in [2.24, 2.45) is 5.73 Å². The van der Waals surface area contributed by atoms with Crippen LogP contribution in [0.1, 0.15) is 71.4 Å². The number of benzene rings is 1. The highest BCUT2D eigenvalue weighted by atomic mass is 16.6. The van der Waals surface area contributed by atoms with E-state index < -0.39 is 41.5 Å². The fourth-order valence-corrected chi connectivity index (χ4v) is 3.51. The maximum atomic E-state index is 13.7. The number of hydrogen-bond donors (Lipinski definition) is 4. The van der Waals surface area contributed by atoms with Gasteiger partial charge in [-0.1, -0.05) is 44.0 Å². The van der Waals surface area contributed by atoms with Gasteiger partial charge in [-0.2, -0.15) is 0 Å². The zero-order valence-corrected chi connectivity index (χ0v) is 21.7. The molecule has 0 spiro atoms. The van der Waals surface area contributed by atoms with Crippen molar-refractivity contribution >= 4 is 23.8 Å². The van der Waals surface area contributed by atoms with Gasteiger partial charge in [0.05, 0.1) is 0 Å². The van der Waals surface area contributed by atoms with Crippen molar-refractivity contribution in [2.45, 2.75) is 77.5 Å². The second kappa shape index (κ2) is 14.8. The summed E-state index contributed by atoms with van der Waals surface area (Å²) < 4.78 is 5.28. The normalized spacial score (nSPS) is 12.7. The van der Waals surface area contributed by atoms with E-state index >= 15 is 0 Å². The average Bonchev–Trinajstić information content (AvgIpc) is 2.78. The van der Waals surface area contributed by atoms with Crippen molar-refractivity contribution in [1.82, 2.24) is 15.5 Å². The van der Waals surface area contributed by atoms with Crippen LogP contribution in [0.2, 0.25) is 0 Å². The summed E-state index contributed by atoms with van der Waals surface area (Å²) >= 11 is 0. The highest BCUT2D eigenvalue weighted by Crippen LogP contribution is 2.30. The molecule has 0 aliphatic carbocycles. The summed E-state index contributed by atoms with van der Waals surface area (Å²) in [5.74, 6) is -1.96. The predicted octanol–water partition coefficient (Wildman–Crippen LogP) is 2.91. The maximum Gasteiger partial charge on any atom is 0.408 e. The highest BCUT2D eigenvalue weighted by molar-refractivity contribution is 5.93. The number of nitrogens with one attached hydrogen (secondary N) is 2. The van der Waals surface area contributed by atoms with Crippen LogP contribution in [-0.4, -0.2) is 58.6 Å². The van der Waals surface area contributed by atoms with Crippen LogP contribution in [0, 0.1) is 0 Å². The number of amides is 4. The van der Waals surface area contributed by atoms with Gasteiger partial charge in [0.15, 0.2) is 0 Å². The summed E-state index contributed by atoms with van der Waals surface area (Å²) in [5, 5.41) is 15.9. The molecule has 36 heavy (non-hydrogen) atoms. The molecular formula is C26H40N4O6. The number of unbranched alkanes of at least 4 members (excludes halogenated alkanes) is 2. The van der Waals surface area contributed by atoms with Gasteiger partial charge in [-0.05, 0) is 39.7 Å².